The van der Waals surface area contributed by atoms with E-state index in [1.165, 1.54) is 11.4 Å². The lowest BCUT2D eigenvalue weighted by Crippen LogP contribution is -2.52. The van der Waals surface area contributed by atoms with Crippen molar-refractivity contribution in [3.05, 3.63) is 59.7 Å². The van der Waals surface area contributed by atoms with Gasteiger partial charge in [-0.2, -0.15) is 0 Å². The van der Waals surface area contributed by atoms with E-state index in [4.69, 9.17) is 0 Å². The van der Waals surface area contributed by atoms with E-state index in [2.05, 4.69) is 5.32 Å². The lowest BCUT2D eigenvalue weighted by Gasteiger charge is -2.34. The van der Waals surface area contributed by atoms with Crippen molar-refractivity contribution < 1.29 is 13.2 Å². The van der Waals surface area contributed by atoms with Crippen LogP contribution < -0.4 is 9.62 Å². The normalized spacial score (nSPS) is 17.0. The number of halogens is 1. The van der Waals surface area contributed by atoms with Crippen molar-refractivity contribution in [1.82, 2.24) is 10.2 Å². The minimum Gasteiger partial charge on any atom is -0.333 e. The van der Waals surface area contributed by atoms with Crippen LogP contribution in [0.5, 0.6) is 0 Å². The Morgan fingerprint density at radius 3 is 2.29 bits per heavy atom. The third-order valence-corrected chi connectivity index (χ3v) is 6.72. The Kier molecular flexibility index (Phi) is 7.09. The summed E-state index contributed by atoms with van der Waals surface area (Å²) in [7, 11) is -2.12. The average Bonchev–Trinajstić information content (AvgIpc) is 2.68. The SMILES string of the molecule is Cc1ccc(S(=O)(=O)N(C)c2ccc(C(=O)N3CCNC[C@H]3C)cc2)cc1.Cl. The van der Waals surface area contributed by atoms with Crippen LogP contribution in [0.15, 0.2) is 53.4 Å². The van der Waals surface area contributed by atoms with E-state index in [9.17, 15) is 13.2 Å². The molecule has 1 aliphatic rings. The van der Waals surface area contributed by atoms with Gasteiger partial charge in [0.25, 0.3) is 15.9 Å². The number of nitrogens with one attached hydrogen (secondary N) is 1. The molecule has 8 heteroatoms. The summed E-state index contributed by atoms with van der Waals surface area (Å²) >= 11 is 0. The molecular formula is C20H26ClN3O3S. The number of hydrogen-bond donors (Lipinski definition) is 1. The molecule has 28 heavy (non-hydrogen) atoms. The Morgan fingerprint density at radius 2 is 1.71 bits per heavy atom. The predicted octanol–water partition coefficient (Wildman–Crippen LogP) is 2.68. The van der Waals surface area contributed by atoms with Gasteiger partial charge in [-0.1, -0.05) is 17.7 Å². The number of nitrogens with zero attached hydrogens (tertiary/aromatic N) is 2. The molecule has 0 bridgehead atoms. The van der Waals surface area contributed by atoms with E-state index < -0.39 is 10.0 Å². The number of piperazine rings is 1. The molecule has 1 atom stereocenters. The van der Waals surface area contributed by atoms with Gasteiger partial charge in [-0.3, -0.25) is 9.10 Å². The molecule has 2 aromatic rings. The Labute approximate surface area is 173 Å². The molecule has 1 amide bonds. The molecule has 0 radical (unpaired) electrons. The summed E-state index contributed by atoms with van der Waals surface area (Å²) in [4.78, 5) is 14.8. The molecule has 1 saturated heterocycles. The van der Waals surface area contributed by atoms with Crippen LogP contribution in [0.4, 0.5) is 5.69 Å². The number of carbonyl (C=O) groups is 1. The molecular weight excluding hydrogens is 398 g/mol. The highest BCUT2D eigenvalue weighted by molar-refractivity contribution is 7.92. The molecule has 0 saturated carbocycles. The van der Waals surface area contributed by atoms with Gasteiger partial charge in [0.2, 0.25) is 0 Å². The Morgan fingerprint density at radius 1 is 1.11 bits per heavy atom. The van der Waals surface area contributed by atoms with Gasteiger partial charge >= 0.3 is 0 Å². The van der Waals surface area contributed by atoms with Crippen LogP contribution in [0.25, 0.3) is 0 Å². The summed E-state index contributed by atoms with van der Waals surface area (Å²) in [5.41, 5.74) is 2.08. The van der Waals surface area contributed by atoms with Gasteiger partial charge in [-0.15, -0.1) is 12.4 Å². The number of anilines is 1. The minimum absolute atomic E-state index is 0. The standard InChI is InChI=1S/C20H25N3O3S.ClH/c1-15-4-10-19(11-5-15)27(25,26)22(3)18-8-6-17(7-9-18)20(24)23-13-12-21-14-16(23)2;/h4-11,16,21H,12-14H2,1-3H3;1H/t16-;/m1./s1. The molecule has 3 rings (SSSR count). The first-order valence-corrected chi connectivity index (χ1v) is 10.4. The van der Waals surface area contributed by atoms with E-state index in [1.54, 1.807) is 48.5 Å². The van der Waals surface area contributed by atoms with E-state index in [1.807, 2.05) is 18.7 Å². The van der Waals surface area contributed by atoms with Crippen LogP contribution in [-0.4, -0.2) is 51.9 Å². The van der Waals surface area contributed by atoms with Crippen molar-refractivity contribution in [3.8, 4) is 0 Å². The van der Waals surface area contributed by atoms with Crippen LogP contribution in [0, 0.1) is 6.92 Å². The molecule has 1 N–H and O–H groups in total. The summed E-state index contributed by atoms with van der Waals surface area (Å²) < 4.78 is 26.8. The molecule has 1 fully saturated rings. The van der Waals surface area contributed by atoms with Crippen LogP contribution in [0.2, 0.25) is 0 Å². The van der Waals surface area contributed by atoms with E-state index in [-0.39, 0.29) is 29.3 Å². The second-order valence-electron chi connectivity index (χ2n) is 6.88. The number of sulfonamides is 1. The highest BCUT2D eigenvalue weighted by Crippen LogP contribution is 2.23. The van der Waals surface area contributed by atoms with E-state index in [0.29, 0.717) is 17.8 Å². The highest BCUT2D eigenvalue weighted by Gasteiger charge is 2.25. The van der Waals surface area contributed by atoms with Gasteiger partial charge in [0.15, 0.2) is 0 Å². The van der Waals surface area contributed by atoms with Crippen molar-refractivity contribution in [2.75, 3.05) is 31.0 Å². The molecule has 152 valence electrons. The predicted molar refractivity (Wildman–Crippen MR) is 114 cm³/mol. The van der Waals surface area contributed by atoms with Gasteiger partial charge < -0.3 is 10.2 Å². The summed E-state index contributed by atoms with van der Waals surface area (Å²) in [6, 6.07) is 13.6. The zero-order chi connectivity index (χ0) is 19.6. The molecule has 1 heterocycles. The van der Waals surface area contributed by atoms with E-state index >= 15 is 0 Å². The van der Waals surface area contributed by atoms with Crippen molar-refractivity contribution in [3.63, 3.8) is 0 Å². The fraction of sp³-hybridized carbons (Fsp3) is 0.350. The summed E-state index contributed by atoms with van der Waals surface area (Å²) in [6.45, 7) is 6.16. The molecule has 0 aromatic heterocycles. The van der Waals surface area contributed by atoms with Crippen LogP contribution in [-0.2, 0) is 10.0 Å². The number of rotatable bonds is 4. The molecule has 0 aliphatic carbocycles. The molecule has 1 aliphatic heterocycles. The summed E-state index contributed by atoms with van der Waals surface area (Å²) in [5, 5.41) is 3.26. The van der Waals surface area contributed by atoms with Gasteiger partial charge in [0.1, 0.15) is 0 Å². The number of hydrogen-bond acceptors (Lipinski definition) is 4. The van der Waals surface area contributed by atoms with Crippen molar-refractivity contribution in [2.45, 2.75) is 24.8 Å². The fourth-order valence-corrected chi connectivity index (χ4v) is 4.33. The van der Waals surface area contributed by atoms with Crippen molar-refractivity contribution in [2.24, 2.45) is 0 Å². The first kappa shape index (κ1) is 22.2. The molecule has 2 aromatic carbocycles. The van der Waals surface area contributed by atoms with Crippen LogP contribution in [0.1, 0.15) is 22.8 Å². The third-order valence-electron chi connectivity index (χ3n) is 4.92. The quantitative estimate of drug-likeness (QED) is 0.820. The second kappa shape index (κ2) is 8.94. The smallest absolute Gasteiger partial charge is 0.264 e. The first-order chi connectivity index (χ1) is 12.8. The molecule has 0 spiro atoms. The molecule has 6 nitrogen and oxygen atoms in total. The van der Waals surface area contributed by atoms with Gasteiger partial charge in [-0.05, 0) is 50.2 Å². The lowest BCUT2D eigenvalue weighted by molar-refractivity contribution is 0.0656. The number of carbonyl (C=O) groups excluding carboxylic acids is 1. The van der Waals surface area contributed by atoms with Crippen molar-refractivity contribution in [1.29, 1.82) is 0 Å². The highest BCUT2D eigenvalue weighted by atomic mass is 35.5. The first-order valence-electron chi connectivity index (χ1n) is 8.98. The Balaban J connectivity index is 0.00000280. The third kappa shape index (κ3) is 4.48. The Hall–Kier alpha value is -2.09. The monoisotopic (exact) mass is 423 g/mol. The van der Waals surface area contributed by atoms with Crippen molar-refractivity contribution >= 4 is 34.0 Å². The van der Waals surface area contributed by atoms with Gasteiger partial charge in [0, 0.05) is 38.3 Å². The van der Waals surface area contributed by atoms with Crippen LogP contribution >= 0.6 is 12.4 Å². The lowest BCUT2D eigenvalue weighted by atomic mass is 10.1. The fourth-order valence-electron chi connectivity index (χ4n) is 3.13. The zero-order valence-corrected chi connectivity index (χ0v) is 17.9. The Bertz CT molecular complexity index is 915. The summed E-state index contributed by atoms with van der Waals surface area (Å²) in [5.74, 6) is -0.0282. The van der Waals surface area contributed by atoms with Gasteiger partial charge in [0.05, 0.1) is 10.6 Å². The number of benzene rings is 2. The maximum absolute atomic E-state index is 12.8. The average molecular weight is 424 g/mol. The summed E-state index contributed by atoms with van der Waals surface area (Å²) in [6.07, 6.45) is 0. The maximum atomic E-state index is 12.8. The maximum Gasteiger partial charge on any atom is 0.264 e. The second-order valence-corrected chi connectivity index (χ2v) is 8.85. The van der Waals surface area contributed by atoms with Gasteiger partial charge in [-0.25, -0.2) is 8.42 Å². The van der Waals surface area contributed by atoms with Crippen LogP contribution in [0.3, 0.4) is 0 Å². The minimum atomic E-state index is -3.64. The largest absolute Gasteiger partial charge is 0.333 e. The molecule has 0 unspecified atom stereocenters. The number of aryl methyl sites for hydroxylation is 1. The zero-order valence-electron chi connectivity index (χ0n) is 16.3. The number of amides is 1. The van der Waals surface area contributed by atoms with E-state index in [0.717, 1.165) is 18.7 Å². The topological polar surface area (TPSA) is 69.7 Å².